The number of halogens is 2. The maximum Gasteiger partial charge on any atom is 0.482 e. The molecule has 1 radical (unpaired) electrons. The molecule has 1 aliphatic carbocycles. The molecule has 5 rings (SSSR count). The Morgan fingerprint density at radius 1 is 1.12 bits per heavy atom. The summed E-state index contributed by atoms with van der Waals surface area (Å²) in [6.45, 7) is 2.87. The number of aryl methyl sites for hydroxylation is 2. The fourth-order valence-electron chi connectivity index (χ4n) is 4.92. The normalized spacial score (nSPS) is 19.4. The van der Waals surface area contributed by atoms with Gasteiger partial charge in [0.25, 0.3) is 0 Å². The number of carbonyl (C=O) groups is 1. The Morgan fingerprint density at radius 3 is 2.47 bits per heavy atom. The van der Waals surface area contributed by atoms with Gasteiger partial charge < -0.3 is 19.9 Å². The Bertz CT molecular complexity index is 1130. The molecule has 0 spiro atoms. The van der Waals surface area contributed by atoms with Crippen LogP contribution in [0.25, 0.3) is 11.1 Å². The molecule has 1 aliphatic heterocycles. The smallest absolute Gasteiger partial charge is 0.429 e. The molecule has 2 aliphatic rings. The van der Waals surface area contributed by atoms with E-state index in [0.29, 0.717) is 16.5 Å². The Kier molecular flexibility index (Phi) is 7.99. The van der Waals surface area contributed by atoms with Crippen LogP contribution in [-0.4, -0.2) is 51.1 Å². The number of imidazole rings is 1. The van der Waals surface area contributed by atoms with Gasteiger partial charge in [0.2, 0.25) is 5.91 Å². The molecule has 34 heavy (non-hydrogen) atoms. The largest absolute Gasteiger partial charge is 0.482 e. The summed E-state index contributed by atoms with van der Waals surface area (Å²) in [4.78, 5) is 22.9. The number of rotatable bonds is 4. The molecule has 177 valence electrons. The van der Waals surface area contributed by atoms with Gasteiger partial charge in [-0.05, 0) is 61.4 Å². The molecule has 2 aromatic carbocycles. The lowest BCUT2D eigenvalue weighted by Crippen LogP contribution is -2.41. The number of likely N-dealkylation sites (tertiary alicyclic amines) is 1. The molecule has 1 amide bonds. The molecule has 0 bridgehead atoms. The number of fused-ring (bicyclic) bond motifs is 1. The minimum absolute atomic E-state index is 0. The van der Waals surface area contributed by atoms with E-state index >= 15 is 0 Å². The van der Waals surface area contributed by atoms with Crippen molar-refractivity contribution in [2.75, 3.05) is 6.54 Å². The van der Waals surface area contributed by atoms with Crippen LogP contribution in [-0.2, 0) is 24.1 Å². The lowest BCUT2D eigenvalue weighted by molar-refractivity contribution is -0.133. The number of amides is 1. The quantitative estimate of drug-likeness (QED) is 0.471. The van der Waals surface area contributed by atoms with Crippen LogP contribution in [0.4, 0.5) is 0 Å². The Hall–Kier alpha value is -2.32. The maximum atomic E-state index is 13.2. The van der Waals surface area contributed by atoms with Crippen LogP contribution in [0, 0.1) is 12.8 Å². The second-order valence-corrected chi connectivity index (χ2v) is 9.66. The van der Waals surface area contributed by atoms with E-state index in [-0.39, 0.29) is 25.6 Å². The average Bonchev–Trinajstić information content (AvgIpc) is 3.43. The van der Waals surface area contributed by atoms with E-state index in [1.54, 1.807) is 6.33 Å². The van der Waals surface area contributed by atoms with Gasteiger partial charge in [-0.2, -0.15) is 0 Å². The number of benzene rings is 2. The van der Waals surface area contributed by atoms with Crippen molar-refractivity contribution in [2.24, 2.45) is 5.92 Å². The fourth-order valence-corrected chi connectivity index (χ4v) is 5.56. The highest BCUT2D eigenvalue weighted by Gasteiger charge is 2.38. The molecule has 3 aromatic rings. The summed E-state index contributed by atoms with van der Waals surface area (Å²) in [7, 11) is 0. The number of carbonyl (C=O) groups excluding carboxylic acids is 1. The molecule has 1 fully saturated rings. The molecule has 2 atom stereocenters. The third-order valence-corrected chi connectivity index (χ3v) is 7.40. The molecular weight excluding hydrogens is 472 g/mol. The van der Waals surface area contributed by atoms with Crippen molar-refractivity contribution in [3.8, 4) is 11.1 Å². The topological polar surface area (TPSA) is 89.5 Å². The van der Waals surface area contributed by atoms with Gasteiger partial charge in [-0.1, -0.05) is 53.0 Å². The minimum Gasteiger partial charge on any atom is -0.429 e. The molecule has 6 nitrogen and oxygen atoms in total. The zero-order valence-electron chi connectivity index (χ0n) is 19.0. The fraction of sp³-hybridized carbons (Fsp3) is 0.360. The number of nitrogens with one attached hydrogen (secondary N) is 1. The van der Waals surface area contributed by atoms with E-state index < -0.39 is 0 Å². The van der Waals surface area contributed by atoms with Crippen molar-refractivity contribution in [1.29, 1.82) is 0 Å². The number of hydrogen-bond acceptors (Lipinski definition) is 4. The van der Waals surface area contributed by atoms with Crippen molar-refractivity contribution in [2.45, 2.75) is 45.1 Å². The SMILES string of the molecule is Cc1ccc(-c2cc(Cl)c(CC3CCN(C4CCc5nc[nH]c5C4)C3=O)c(Cl)c2)cc1.O[B]O. The second-order valence-electron chi connectivity index (χ2n) is 8.85. The Balaban J connectivity index is 0.000000868. The summed E-state index contributed by atoms with van der Waals surface area (Å²) in [5.41, 5.74) is 6.48. The number of H-pyrrole nitrogens is 1. The van der Waals surface area contributed by atoms with Crippen molar-refractivity contribution >= 4 is 36.8 Å². The predicted octanol–water partition coefficient (Wildman–Crippen LogP) is 4.15. The van der Waals surface area contributed by atoms with Crippen molar-refractivity contribution in [3.05, 3.63) is 75.3 Å². The zero-order chi connectivity index (χ0) is 24.2. The first-order valence-electron chi connectivity index (χ1n) is 11.4. The van der Waals surface area contributed by atoms with Gasteiger partial charge in [-0.3, -0.25) is 4.79 Å². The molecular formula is C25H27BCl2N3O3. The average molecular weight is 499 g/mol. The van der Waals surface area contributed by atoms with E-state index in [1.807, 2.05) is 12.1 Å². The first-order chi connectivity index (χ1) is 16.4. The molecule has 2 heterocycles. The van der Waals surface area contributed by atoms with E-state index in [2.05, 4.69) is 46.1 Å². The lowest BCUT2D eigenvalue weighted by Gasteiger charge is -2.31. The van der Waals surface area contributed by atoms with Gasteiger partial charge in [0.05, 0.1) is 12.0 Å². The van der Waals surface area contributed by atoms with Gasteiger partial charge in [0.15, 0.2) is 0 Å². The molecule has 9 heteroatoms. The summed E-state index contributed by atoms with van der Waals surface area (Å²) in [6.07, 6.45) is 5.95. The van der Waals surface area contributed by atoms with E-state index in [0.717, 1.165) is 54.6 Å². The first kappa shape index (κ1) is 24.8. The van der Waals surface area contributed by atoms with Gasteiger partial charge in [-0.15, -0.1) is 0 Å². The highest BCUT2D eigenvalue weighted by molar-refractivity contribution is 6.36. The predicted molar refractivity (Wildman–Crippen MR) is 135 cm³/mol. The molecule has 1 aromatic heterocycles. The van der Waals surface area contributed by atoms with Crippen molar-refractivity contribution in [3.63, 3.8) is 0 Å². The highest BCUT2D eigenvalue weighted by atomic mass is 35.5. The Labute approximate surface area is 210 Å². The number of aromatic nitrogens is 2. The Morgan fingerprint density at radius 2 is 1.79 bits per heavy atom. The van der Waals surface area contributed by atoms with Gasteiger partial charge >= 0.3 is 7.69 Å². The van der Waals surface area contributed by atoms with Crippen LogP contribution < -0.4 is 0 Å². The molecule has 2 unspecified atom stereocenters. The highest BCUT2D eigenvalue weighted by Crippen LogP contribution is 2.36. The number of nitrogens with zero attached hydrogens (tertiary/aromatic N) is 2. The minimum atomic E-state index is -0.0663. The molecule has 1 saturated heterocycles. The standard InChI is InChI=1S/C25H25Cl2N3O.BH2O2/c1-15-2-4-16(5-3-15)18-11-21(26)20(22(27)12-18)10-17-8-9-30(25(17)31)19-6-7-23-24(13-19)29-14-28-23;2-1-3/h2-5,11-12,14,17,19H,6-10,13H2,1H3,(H,28,29);2-3H. The summed E-state index contributed by atoms with van der Waals surface area (Å²) in [5, 5.41) is 15.3. The van der Waals surface area contributed by atoms with Crippen LogP contribution in [0.3, 0.4) is 0 Å². The second kappa shape index (κ2) is 11.0. The summed E-state index contributed by atoms with van der Waals surface area (Å²) in [6, 6.07) is 12.5. The monoisotopic (exact) mass is 498 g/mol. The van der Waals surface area contributed by atoms with Crippen molar-refractivity contribution < 1.29 is 14.8 Å². The summed E-state index contributed by atoms with van der Waals surface area (Å²) >= 11 is 13.3. The van der Waals surface area contributed by atoms with Crippen LogP contribution in [0.2, 0.25) is 10.0 Å². The number of hydrogen-bond donors (Lipinski definition) is 3. The van der Waals surface area contributed by atoms with E-state index in [9.17, 15) is 4.79 Å². The third-order valence-electron chi connectivity index (χ3n) is 6.73. The zero-order valence-corrected chi connectivity index (χ0v) is 20.5. The van der Waals surface area contributed by atoms with Gasteiger partial charge in [-0.25, -0.2) is 4.98 Å². The summed E-state index contributed by atoms with van der Waals surface area (Å²) < 4.78 is 0. The van der Waals surface area contributed by atoms with Gasteiger partial charge in [0.1, 0.15) is 0 Å². The van der Waals surface area contributed by atoms with Crippen LogP contribution >= 0.6 is 23.2 Å². The molecule has 0 saturated carbocycles. The first-order valence-corrected chi connectivity index (χ1v) is 12.1. The number of aromatic amines is 1. The maximum absolute atomic E-state index is 13.2. The summed E-state index contributed by atoms with van der Waals surface area (Å²) in [5.74, 6) is 0.158. The lowest BCUT2D eigenvalue weighted by atomic mass is 9.94. The molecule has 3 N–H and O–H groups in total. The van der Waals surface area contributed by atoms with Crippen LogP contribution in [0.15, 0.2) is 42.7 Å². The van der Waals surface area contributed by atoms with E-state index in [1.165, 1.54) is 11.3 Å². The van der Waals surface area contributed by atoms with Crippen molar-refractivity contribution in [1.82, 2.24) is 14.9 Å². The third kappa shape index (κ3) is 5.33. The van der Waals surface area contributed by atoms with E-state index in [4.69, 9.17) is 33.2 Å². The van der Waals surface area contributed by atoms with Crippen LogP contribution in [0.1, 0.15) is 35.4 Å². The van der Waals surface area contributed by atoms with Crippen LogP contribution in [0.5, 0.6) is 0 Å². The van der Waals surface area contributed by atoms with Gasteiger partial charge in [0, 0.05) is 40.7 Å².